The van der Waals surface area contributed by atoms with Crippen LogP contribution < -0.4 is 5.32 Å². The van der Waals surface area contributed by atoms with Gasteiger partial charge in [-0.15, -0.1) is 11.6 Å². The van der Waals surface area contributed by atoms with E-state index in [1.54, 1.807) is 0 Å². The van der Waals surface area contributed by atoms with Gasteiger partial charge >= 0.3 is 0 Å². The normalized spacial score (nSPS) is 32.9. The van der Waals surface area contributed by atoms with Crippen LogP contribution in [0.5, 0.6) is 0 Å². The molecule has 3 heteroatoms. The van der Waals surface area contributed by atoms with E-state index >= 15 is 0 Å². The van der Waals surface area contributed by atoms with Crippen molar-refractivity contribution in [2.45, 2.75) is 31.4 Å². The van der Waals surface area contributed by atoms with Crippen LogP contribution in [0.1, 0.15) is 19.3 Å². The van der Waals surface area contributed by atoms with Gasteiger partial charge in [-0.3, -0.25) is 0 Å². The summed E-state index contributed by atoms with van der Waals surface area (Å²) < 4.78 is 5.73. The minimum absolute atomic E-state index is 0.486. The highest BCUT2D eigenvalue weighted by Crippen LogP contribution is 2.38. The van der Waals surface area contributed by atoms with E-state index in [0.717, 1.165) is 25.5 Å². The Kier molecular flexibility index (Phi) is 3.85. The van der Waals surface area contributed by atoms with Crippen LogP contribution in [0, 0.1) is 5.92 Å². The Balaban J connectivity index is 1.70. The number of ether oxygens (including phenoxy) is 1. The van der Waals surface area contributed by atoms with Crippen LogP contribution in [0.2, 0.25) is 0 Å². The average Bonchev–Trinajstić information content (AvgIpc) is 2.94. The molecule has 1 aliphatic carbocycles. The molecule has 0 amide bonds. The van der Waals surface area contributed by atoms with E-state index in [-0.39, 0.29) is 0 Å². The van der Waals surface area contributed by atoms with Crippen molar-refractivity contribution in [2.75, 3.05) is 19.0 Å². The molecule has 1 heterocycles. The standard InChI is InChI=1S/C11H18ClNO/c12-6-1-2-7-13-10-5-8-14-11(10)9-3-4-9/h1-2,9-11,13H,3-8H2/b2-1+. The summed E-state index contributed by atoms with van der Waals surface area (Å²) in [7, 11) is 0. The molecule has 2 atom stereocenters. The predicted octanol–water partition coefficient (Wildman–Crippen LogP) is 1.94. The molecule has 2 unspecified atom stereocenters. The van der Waals surface area contributed by atoms with Crippen LogP contribution in [0.25, 0.3) is 0 Å². The van der Waals surface area contributed by atoms with Crippen molar-refractivity contribution < 1.29 is 4.74 Å². The summed E-state index contributed by atoms with van der Waals surface area (Å²) in [5.74, 6) is 1.45. The molecule has 1 aliphatic heterocycles. The number of rotatable bonds is 5. The van der Waals surface area contributed by atoms with Gasteiger partial charge in [0.05, 0.1) is 6.10 Å². The summed E-state index contributed by atoms with van der Waals surface area (Å²) in [6.45, 7) is 1.85. The maximum Gasteiger partial charge on any atom is 0.0757 e. The van der Waals surface area contributed by atoms with E-state index in [9.17, 15) is 0 Å². The van der Waals surface area contributed by atoms with E-state index in [4.69, 9.17) is 16.3 Å². The number of hydrogen-bond acceptors (Lipinski definition) is 2. The Bertz CT molecular complexity index is 203. The molecule has 0 aromatic carbocycles. The first-order chi connectivity index (χ1) is 6.92. The first-order valence-electron chi connectivity index (χ1n) is 5.48. The summed E-state index contributed by atoms with van der Waals surface area (Å²) in [6, 6.07) is 0.572. The van der Waals surface area contributed by atoms with Gasteiger partial charge in [0.25, 0.3) is 0 Å². The molecule has 80 valence electrons. The Labute approximate surface area is 90.7 Å². The van der Waals surface area contributed by atoms with Gasteiger partial charge in [0, 0.05) is 25.1 Å². The van der Waals surface area contributed by atoms with Crippen LogP contribution >= 0.6 is 11.6 Å². The molecular weight excluding hydrogens is 198 g/mol. The number of hydrogen-bond donors (Lipinski definition) is 1. The zero-order valence-corrected chi connectivity index (χ0v) is 9.17. The summed E-state index contributed by atoms with van der Waals surface area (Å²) in [4.78, 5) is 0. The molecule has 2 fully saturated rings. The molecule has 2 aliphatic rings. The van der Waals surface area contributed by atoms with E-state index in [0.29, 0.717) is 18.0 Å². The second-order valence-corrected chi connectivity index (χ2v) is 4.41. The van der Waals surface area contributed by atoms with Crippen molar-refractivity contribution in [1.82, 2.24) is 5.32 Å². The van der Waals surface area contributed by atoms with Gasteiger partial charge in [-0.2, -0.15) is 0 Å². The molecule has 2 nitrogen and oxygen atoms in total. The van der Waals surface area contributed by atoms with Crippen molar-refractivity contribution in [3.05, 3.63) is 12.2 Å². The second kappa shape index (κ2) is 5.15. The molecule has 1 saturated carbocycles. The van der Waals surface area contributed by atoms with E-state index in [1.165, 1.54) is 12.8 Å². The summed E-state index contributed by atoms with van der Waals surface area (Å²) in [5, 5.41) is 3.52. The third-order valence-corrected chi connectivity index (χ3v) is 3.15. The van der Waals surface area contributed by atoms with Gasteiger partial charge in [-0.25, -0.2) is 0 Å². The minimum atomic E-state index is 0.486. The summed E-state index contributed by atoms with van der Waals surface area (Å²) >= 11 is 5.55. The van der Waals surface area contributed by atoms with Gasteiger partial charge in [0.1, 0.15) is 0 Å². The lowest BCUT2D eigenvalue weighted by Crippen LogP contribution is -2.37. The molecule has 0 aromatic heterocycles. The number of nitrogens with one attached hydrogen (secondary N) is 1. The quantitative estimate of drug-likeness (QED) is 0.559. The fourth-order valence-electron chi connectivity index (χ4n) is 2.08. The second-order valence-electron chi connectivity index (χ2n) is 4.10. The maximum absolute atomic E-state index is 5.73. The highest BCUT2D eigenvalue weighted by Gasteiger charge is 2.40. The predicted molar refractivity (Wildman–Crippen MR) is 58.7 cm³/mol. The fourth-order valence-corrected chi connectivity index (χ4v) is 2.21. The molecule has 0 aromatic rings. The average molecular weight is 216 g/mol. The molecule has 1 saturated heterocycles. The maximum atomic E-state index is 5.73. The van der Waals surface area contributed by atoms with Gasteiger partial charge in [0.2, 0.25) is 0 Å². The third kappa shape index (κ3) is 2.72. The van der Waals surface area contributed by atoms with Crippen molar-refractivity contribution in [3.8, 4) is 0 Å². The fraction of sp³-hybridized carbons (Fsp3) is 0.818. The summed E-state index contributed by atoms with van der Waals surface area (Å²) in [6.07, 6.45) is 8.45. The Hall–Kier alpha value is -0.0500. The number of alkyl halides is 1. The Morgan fingerprint density at radius 3 is 2.86 bits per heavy atom. The van der Waals surface area contributed by atoms with Crippen molar-refractivity contribution in [2.24, 2.45) is 5.92 Å². The smallest absolute Gasteiger partial charge is 0.0757 e. The van der Waals surface area contributed by atoms with Crippen molar-refractivity contribution in [3.63, 3.8) is 0 Å². The van der Waals surface area contributed by atoms with Crippen LogP contribution in [0.3, 0.4) is 0 Å². The van der Waals surface area contributed by atoms with Crippen molar-refractivity contribution >= 4 is 11.6 Å². The molecule has 2 rings (SSSR count). The molecule has 0 radical (unpaired) electrons. The van der Waals surface area contributed by atoms with Crippen LogP contribution in [-0.4, -0.2) is 31.2 Å². The first-order valence-corrected chi connectivity index (χ1v) is 6.01. The lowest BCUT2D eigenvalue weighted by molar-refractivity contribution is 0.0818. The molecule has 0 bridgehead atoms. The van der Waals surface area contributed by atoms with E-state index in [2.05, 4.69) is 11.4 Å². The number of allylic oxidation sites excluding steroid dienone is 1. The monoisotopic (exact) mass is 215 g/mol. The third-order valence-electron chi connectivity index (χ3n) is 2.98. The van der Waals surface area contributed by atoms with Crippen LogP contribution in [0.4, 0.5) is 0 Å². The zero-order chi connectivity index (χ0) is 9.80. The van der Waals surface area contributed by atoms with Crippen LogP contribution in [0.15, 0.2) is 12.2 Å². The van der Waals surface area contributed by atoms with Gasteiger partial charge in [0.15, 0.2) is 0 Å². The van der Waals surface area contributed by atoms with E-state index in [1.807, 2.05) is 6.08 Å². The van der Waals surface area contributed by atoms with Crippen molar-refractivity contribution in [1.29, 1.82) is 0 Å². The molecule has 0 spiro atoms. The molecular formula is C11H18ClNO. The minimum Gasteiger partial charge on any atom is -0.376 e. The van der Waals surface area contributed by atoms with Gasteiger partial charge in [-0.05, 0) is 25.2 Å². The van der Waals surface area contributed by atoms with Gasteiger partial charge < -0.3 is 10.1 Å². The van der Waals surface area contributed by atoms with Gasteiger partial charge in [-0.1, -0.05) is 12.2 Å². The molecule has 14 heavy (non-hydrogen) atoms. The Morgan fingerprint density at radius 1 is 1.29 bits per heavy atom. The Morgan fingerprint density at radius 2 is 2.14 bits per heavy atom. The number of halogens is 1. The zero-order valence-electron chi connectivity index (χ0n) is 8.42. The summed E-state index contributed by atoms with van der Waals surface area (Å²) in [5.41, 5.74) is 0. The lowest BCUT2D eigenvalue weighted by atomic mass is 10.1. The topological polar surface area (TPSA) is 21.3 Å². The highest BCUT2D eigenvalue weighted by atomic mass is 35.5. The largest absolute Gasteiger partial charge is 0.376 e. The first kappa shape index (κ1) is 10.5. The van der Waals surface area contributed by atoms with E-state index < -0.39 is 0 Å². The lowest BCUT2D eigenvalue weighted by Gasteiger charge is -2.18. The SMILES string of the molecule is ClC/C=C/CNC1CCOC1C1CC1. The van der Waals surface area contributed by atoms with Crippen LogP contribution in [-0.2, 0) is 4.74 Å². The molecule has 1 N–H and O–H groups in total. The highest BCUT2D eigenvalue weighted by molar-refractivity contribution is 6.18.